The van der Waals surface area contributed by atoms with E-state index in [1.54, 1.807) is 16.8 Å². The number of amides is 1. The van der Waals surface area contributed by atoms with Crippen molar-refractivity contribution in [3.8, 4) is 5.69 Å². The second-order valence-electron chi connectivity index (χ2n) is 5.08. The van der Waals surface area contributed by atoms with E-state index in [0.29, 0.717) is 23.0 Å². The van der Waals surface area contributed by atoms with Crippen molar-refractivity contribution < 1.29 is 4.79 Å². The van der Waals surface area contributed by atoms with Gasteiger partial charge in [0, 0.05) is 11.6 Å². The third-order valence-corrected chi connectivity index (χ3v) is 3.73. The van der Waals surface area contributed by atoms with Gasteiger partial charge in [0.25, 0.3) is 5.91 Å². The van der Waals surface area contributed by atoms with E-state index in [-0.39, 0.29) is 5.91 Å². The fraction of sp³-hybridized carbons (Fsp3) is 0.118. The highest BCUT2D eigenvalue weighted by atomic mass is 35.5. The summed E-state index contributed by atoms with van der Waals surface area (Å²) in [5.74, 6) is -0.244. The summed E-state index contributed by atoms with van der Waals surface area (Å²) >= 11 is 5.88. The number of aromatic nitrogens is 3. The van der Waals surface area contributed by atoms with E-state index in [1.165, 1.54) is 0 Å². The van der Waals surface area contributed by atoms with E-state index in [2.05, 4.69) is 15.6 Å². The first-order valence-corrected chi connectivity index (χ1v) is 7.53. The third kappa shape index (κ3) is 3.40. The highest BCUT2D eigenvalue weighted by molar-refractivity contribution is 6.30. The molecule has 116 valence electrons. The van der Waals surface area contributed by atoms with Crippen LogP contribution in [-0.4, -0.2) is 20.9 Å². The Morgan fingerprint density at radius 2 is 1.83 bits per heavy atom. The van der Waals surface area contributed by atoms with Gasteiger partial charge >= 0.3 is 0 Å². The van der Waals surface area contributed by atoms with Gasteiger partial charge in [-0.2, -0.15) is 0 Å². The average molecular weight is 327 g/mol. The zero-order valence-corrected chi connectivity index (χ0v) is 13.3. The van der Waals surface area contributed by atoms with Crippen molar-refractivity contribution >= 4 is 17.5 Å². The van der Waals surface area contributed by atoms with Gasteiger partial charge in [-0.15, -0.1) is 5.10 Å². The van der Waals surface area contributed by atoms with Crippen LogP contribution in [0.15, 0.2) is 54.6 Å². The standard InChI is InChI=1S/C17H15ClN4O/c1-12-16(17(23)19-11-13-5-3-2-4-6-13)20-21-22(12)15-9-7-14(18)8-10-15/h2-10H,11H2,1H3,(H,19,23). The van der Waals surface area contributed by atoms with E-state index in [1.807, 2.05) is 49.4 Å². The molecule has 0 fully saturated rings. The largest absolute Gasteiger partial charge is 0.347 e. The number of hydrogen-bond donors (Lipinski definition) is 1. The average Bonchev–Trinajstić information content (AvgIpc) is 2.96. The third-order valence-electron chi connectivity index (χ3n) is 3.48. The Morgan fingerprint density at radius 1 is 1.13 bits per heavy atom. The lowest BCUT2D eigenvalue weighted by atomic mass is 10.2. The molecule has 0 saturated heterocycles. The Hall–Kier alpha value is -2.66. The van der Waals surface area contributed by atoms with Crippen LogP contribution in [0.1, 0.15) is 21.7 Å². The molecule has 1 amide bonds. The second kappa shape index (κ2) is 6.62. The number of nitrogens with zero attached hydrogens (tertiary/aromatic N) is 3. The Kier molecular flexibility index (Phi) is 4.39. The second-order valence-corrected chi connectivity index (χ2v) is 5.52. The molecule has 0 spiro atoms. The van der Waals surface area contributed by atoms with Crippen LogP contribution < -0.4 is 5.32 Å². The first-order valence-electron chi connectivity index (χ1n) is 7.15. The lowest BCUT2D eigenvalue weighted by molar-refractivity contribution is 0.0945. The molecule has 3 rings (SSSR count). The minimum Gasteiger partial charge on any atom is -0.347 e. The summed E-state index contributed by atoms with van der Waals surface area (Å²) in [6.45, 7) is 2.26. The molecule has 2 aromatic carbocycles. The Morgan fingerprint density at radius 3 is 2.52 bits per heavy atom. The lowest BCUT2D eigenvalue weighted by Crippen LogP contribution is -2.24. The molecule has 1 aromatic heterocycles. The SMILES string of the molecule is Cc1c(C(=O)NCc2ccccc2)nnn1-c1ccc(Cl)cc1. The molecule has 0 saturated carbocycles. The van der Waals surface area contributed by atoms with Crippen molar-refractivity contribution in [3.63, 3.8) is 0 Å². The van der Waals surface area contributed by atoms with Crippen LogP contribution in [0.2, 0.25) is 5.02 Å². The van der Waals surface area contributed by atoms with Gasteiger partial charge in [0.05, 0.1) is 11.4 Å². The molecule has 5 nitrogen and oxygen atoms in total. The van der Waals surface area contributed by atoms with Gasteiger partial charge in [0.2, 0.25) is 0 Å². The quantitative estimate of drug-likeness (QED) is 0.801. The van der Waals surface area contributed by atoms with E-state index in [4.69, 9.17) is 11.6 Å². The molecule has 0 bridgehead atoms. The van der Waals surface area contributed by atoms with Gasteiger partial charge in [-0.3, -0.25) is 4.79 Å². The number of carbonyl (C=O) groups is 1. The summed E-state index contributed by atoms with van der Waals surface area (Å²) < 4.78 is 1.62. The van der Waals surface area contributed by atoms with E-state index in [0.717, 1.165) is 11.3 Å². The van der Waals surface area contributed by atoms with Crippen LogP contribution in [0.5, 0.6) is 0 Å². The first-order chi connectivity index (χ1) is 11.1. The number of carbonyl (C=O) groups excluding carboxylic acids is 1. The zero-order chi connectivity index (χ0) is 16.2. The number of hydrogen-bond acceptors (Lipinski definition) is 3. The van der Waals surface area contributed by atoms with Gasteiger partial charge < -0.3 is 5.32 Å². The molecular formula is C17H15ClN4O. The number of nitrogens with one attached hydrogen (secondary N) is 1. The maximum Gasteiger partial charge on any atom is 0.274 e. The summed E-state index contributed by atoms with van der Waals surface area (Å²) in [5.41, 5.74) is 2.83. The fourth-order valence-electron chi connectivity index (χ4n) is 2.23. The molecular weight excluding hydrogens is 312 g/mol. The fourth-order valence-corrected chi connectivity index (χ4v) is 2.35. The predicted octanol–water partition coefficient (Wildman–Crippen LogP) is 3.16. The van der Waals surface area contributed by atoms with E-state index >= 15 is 0 Å². The van der Waals surface area contributed by atoms with Crippen LogP contribution in [0.4, 0.5) is 0 Å². The number of rotatable bonds is 4. The molecule has 1 N–H and O–H groups in total. The zero-order valence-electron chi connectivity index (χ0n) is 12.5. The maximum absolute atomic E-state index is 12.3. The molecule has 0 atom stereocenters. The monoisotopic (exact) mass is 326 g/mol. The lowest BCUT2D eigenvalue weighted by Gasteiger charge is -2.05. The van der Waals surface area contributed by atoms with Crippen LogP contribution in [0, 0.1) is 6.92 Å². The van der Waals surface area contributed by atoms with E-state index in [9.17, 15) is 4.79 Å². The summed E-state index contributed by atoms with van der Waals surface area (Å²) in [6, 6.07) is 16.9. The van der Waals surface area contributed by atoms with E-state index < -0.39 is 0 Å². The highest BCUT2D eigenvalue weighted by Crippen LogP contribution is 2.15. The van der Waals surface area contributed by atoms with Gasteiger partial charge in [-0.05, 0) is 36.8 Å². The van der Waals surface area contributed by atoms with Gasteiger partial charge in [0.1, 0.15) is 0 Å². The minimum atomic E-state index is -0.244. The summed E-state index contributed by atoms with van der Waals surface area (Å²) in [7, 11) is 0. The Bertz CT molecular complexity index is 812. The van der Waals surface area contributed by atoms with Crippen molar-refractivity contribution in [2.45, 2.75) is 13.5 Å². The molecule has 1 heterocycles. The van der Waals surface area contributed by atoms with Gasteiger partial charge in [-0.25, -0.2) is 4.68 Å². The summed E-state index contributed by atoms with van der Waals surface area (Å²) in [4.78, 5) is 12.3. The number of halogens is 1. The van der Waals surface area contributed by atoms with Crippen LogP contribution in [-0.2, 0) is 6.54 Å². The Balaban J connectivity index is 1.76. The first kappa shape index (κ1) is 15.2. The van der Waals surface area contributed by atoms with Crippen LogP contribution in [0.25, 0.3) is 5.69 Å². The number of benzene rings is 2. The highest BCUT2D eigenvalue weighted by Gasteiger charge is 2.17. The molecule has 0 aliphatic rings. The van der Waals surface area contributed by atoms with Crippen LogP contribution in [0.3, 0.4) is 0 Å². The topological polar surface area (TPSA) is 59.8 Å². The van der Waals surface area contributed by atoms with Crippen molar-refractivity contribution in [2.75, 3.05) is 0 Å². The van der Waals surface area contributed by atoms with Crippen molar-refractivity contribution in [1.82, 2.24) is 20.3 Å². The smallest absolute Gasteiger partial charge is 0.274 e. The van der Waals surface area contributed by atoms with Gasteiger partial charge in [0.15, 0.2) is 5.69 Å². The minimum absolute atomic E-state index is 0.244. The molecule has 0 aliphatic heterocycles. The molecule has 6 heteroatoms. The van der Waals surface area contributed by atoms with Crippen molar-refractivity contribution in [3.05, 3.63) is 76.6 Å². The summed E-state index contributed by atoms with van der Waals surface area (Å²) in [5, 5.41) is 11.5. The molecule has 23 heavy (non-hydrogen) atoms. The predicted molar refractivity (Wildman–Crippen MR) is 88.7 cm³/mol. The maximum atomic E-state index is 12.3. The van der Waals surface area contributed by atoms with Gasteiger partial charge in [-0.1, -0.05) is 47.1 Å². The molecule has 0 aliphatic carbocycles. The Labute approximate surface area is 138 Å². The molecule has 0 unspecified atom stereocenters. The summed E-state index contributed by atoms with van der Waals surface area (Å²) in [6.07, 6.45) is 0. The van der Waals surface area contributed by atoms with Crippen LogP contribution >= 0.6 is 11.6 Å². The van der Waals surface area contributed by atoms with Crippen molar-refractivity contribution in [2.24, 2.45) is 0 Å². The molecule has 0 radical (unpaired) electrons. The van der Waals surface area contributed by atoms with Crippen molar-refractivity contribution in [1.29, 1.82) is 0 Å². The normalized spacial score (nSPS) is 10.5. The molecule has 3 aromatic rings.